The minimum absolute atomic E-state index is 0.147. The van der Waals surface area contributed by atoms with Gasteiger partial charge in [0.25, 0.3) is 0 Å². The smallest absolute Gasteiger partial charge is 0.212 e. The molecule has 0 amide bonds. The molecule has 84 valence electrons. The van der Waals surface area contributed by atoms with Crippen molar-refractivity contribution >= 4 is 11.0 Å². The second-order valence-corrected chi connectivity index (χ2v) is 3.59. The number of fused-ring (bicyclic) bond motifs is 1. The molecule has 0 radical (unpaired) electrons. The molecule has 1 N–H and O–H groups in total. The quantitative estimate of drug-likeness (QED) is 0.678. The van der Waals surface area contributed by atoms with Gasteiger partial charge < -0.3 is 4.42 Å². The van der Waals surface area contributed by atoms with Crippen molar-refractivity contribution in [3.8, 4) is 11.4 Å². The molecule has 6 heteroatoms. The summed E-state index contributed by atoms with van der Waals surface area (Å²) >= 11 is 0. The second kappa shape index (κ2) is 3.51. The van der Waals surface area contributed by atoms with E-state index in [2.05, 4.69) is 20.6 Å². The third kappa shape index (κ3) is 1.42. The Morgan fingerprint density at radius 2 is 2.12 bits per heavy atom. The topological polar surface area (TPSA) is 84.7 Å². The molecule has 0 unspecified atom stereocenters. The molecule has 17 heavy (non-hydrogen) atoms. The zero-order valence-electron chi connectivity index (χ0n) is 8.97. The Hall–Kier alpha value is -2.50. The van der Waals surface area contributed by atoms with E-state index in [4.69, 9.17) is 4.42 Å². The number of nitrogens with zero attached hydrogens (tertiary/aromatic N) is 3. The van der Waals surface area contributed by atoms with Crippen molar-refractivity contribution in [3.63, 3.8) is 0 Å². The van der Waals surface area contributed by atoms with Gasteiger partial charge >= 0.3 is 0 Å². The molecule has 3 aromatic rings. The normalized spacial score (nSPS) is 10.9. The van der Waals surface area contributed by atoms with Crippen LogP contribution in [0, 0.1) is 6.92 Å². The van der Waals surface area contributed by atoms with E-state index in [1.54, 1.807) is 25.1 Å². The van der Waals surface area contributed by atoms with Crippen LogP contribution < -0.4 is 5.43 Å². The molecule has 0 fully saturated rings. The summed E-state index contributed by atoms with van der Waals surface area (Å²) in [6.07, 6.45) is 0. The fraction of sp³-hybridized carbons (Fsp3) is 0.0909. The second-order valence-electron chi connectivity index (χ2n) is 3.59. The van der Waals surface area contributed by atoms with Crippen LogP contribution in [0.4, 0.5) is 0 Å². The van der Waals surface area contributed by atoms with Crippen LogP contribution in [0.15, 0.2) is 33.5 Å². The molecule has 0 aliphatic rings. The number of aromatic amines is 1. The van der Waals surface area contributed by atoms with Gasteiger partial charge in [0.15, 0.2) is 0 Å². The maximum absolute atomic E-state index is 12.3. The molecule has 0 saturated carbocycles. The lowest BCUT2D eigenvalue weighted by Crippen LogP contribution is -2.08. The fourth-order valence-electron chi connectivity index (χ4n) is 1.78. The zero-order valence-corrected chi connectivity index (χ0v) is 8.97. The Labute approximate surface area is 95.3 Å². The Bertz CT molecular complexity index is 731. The van der Waals surface area contributed by atoms with E-state index in [9.17, 15) is 4.79 Å². The lowest BCUT2D eigenvalue weighted by Gasteiger charge is -2.02. The van der Waals surface area contributed by atoms with Gasteiger partial charge in [0, 0.05) is 0 Å². The molecule has 0 atom stereocenters. The van der Waals surface area contributed by atoms with E-state index in [1.807, 2.05) is 6.07 Å². The molecular weight excluding hydrogens is 220 g/mol. The molecule has 0 saturated heterocycles. The summed E-state index contributed by atoms with van der Waals surface area (Å²) in [4.78, 5) is 12.3. The minimum atomic E-state index is -0.147. The van der Waals surface area contributed by atoms with E-state index in [0.717, 1.165) is 0 Å². The van der Waals surface area contributed by atoms with Gasteiger partial charge in [0.1, 0.15) is 16.9 Å². The molecule has 0 aliphatic carbocycles. The van der Waals surface area contributed by atoms with Gasteiger partial charge in [0.05, 0.1) is 5.39 Å². The van der Waals surface area contributed by atoms with Crippen LogP contribution >= 0.6 is 0 Å². The molecule has 0 bridgehead atoms. The maximum Gasteiger partial charge on any atom is 0.212 e. The third-order valence-corrected chi connectivity index (χ3v) is 2.54. The predicted octanol–water partition coefficient (Wildman–Crippen LogP) is 1.28. The number of tetrazole rings is 1. The molecular formula is C11H8N4O2. The zero-order chi connectivity index (χ0) is 11.8. The highest BCUT2D eigenvalue weighted by Crippen LogP contribution is 2.20. The van der Waals surface area contributed by atoms with Crippen molar-refractivity contribution in [2.45, 2.75) is 6.92 Å². The predicted molar refractivity (Wildman–Crippen MR) is 60.4 cm³/mol. The summed E-state index contributed by atoms with van der Waals surface area (Å²) in [7, 11) is 0. The average molecular weight is 228 g/mol. The van der Waals surface area contributed by atoms with Crippen LogP contribution in [-0.2, 0) is 0 Å². The molecule has 0 aliphatic heterocycles. The SMILES string of the molecule is Cc1oc2ccccc2c(=O)c1-c1nn[nH]n1. The molecule has 6 nitrogen and oxygen atoms in total. The number of aromatic nitrogens is 4. The molecule has 2 aromatic heterocycles. The van der Waals surface area contributed by atoms with Crippen LogP contribution in [0.2, 0.25) is 0 Å². The van der Waals surface area contributed by atoms with Gasteiger partial charge in [-0.1, -0.05) is 12.1 Å². The van der Waals surface area contributed by atoms with Gasteiger partial charge in [-0.15, -0.1) is 10.2 Å². The Morgan fingerprint density at radius 3 is 2.88 bits per heavy atom. The number of hydrogen-bond acceptors (Lipinski definition) is 5. The summed E-state index contributed by atoms with van der Waals surface area (Å²) < 4.78 is 5.58. The van der Waals surface area contributed by atoms with Crippen molar-refractivity contribution in [2.75, 3.05) is 0 Å². The molecule has 0 spiro atoms. The van der Waals surface area contributed by atoms with Gasteiger partial charge in [-0.05, 0) is 24.3 Å². The summed E-state index contributed by atoms with van der Waals surface area (Å²) in [6.45, 7) is 1.71. The van der Waals surface area contributed by atoms with Crippen LogP contribution in [-0.4, -0.2) is 20.6 Å². The largest absolute Gasteiger partial charge is 0.460 e. The Morgan fingerprint density at radius 1 is 1.29 bits per heavy atom. The van der Waals surface area contributed by atoms with Gasteiger partial charge in [-0.25, -0.2) is 0 Å². The summed E-state index contributed by atoms with van der Waals surface area (Å²) in [5.41, 5.74) is 0.755. The minimum Gasteiger partial charge on any atom is -0.460 e. The van der Waals surface area contributed by atoms with Crippen LogP contribution in [0.1, 0.15) is 5.76 Å². The number of rotatable bonds is 1. The van der Waals surface area contributed by atoms with E-state index in [0.29, 0.717) is 22.3 Å². The van der Waals surface area contributed by atoms with Crippen molar-refractivity contribution in [2.24, 2.45) is 0 Å². The number of hydrogen-bond donors (Lipinski definition) is 1. The highest BCUT2D eigenvalue weighted by atomic mass is 16.3. The number of benzene rings is 1. The standard InChI is InChI=1S/C11H8N4O2/c1-6-9(11-12-14-15-13-11)10(16)7-4-2-3-5-8(7)17-6/h2-5H,1H3,(H,12,13,14,15). The maximum atomic E-state index is 12.3. The Kier molecular flexibility index (Phi) is 2.01. The lowest BCUT2D eigenvalue weighted by molar-refractivity contribution is 0.566. The van der Waals surface area contributed by atoms with Crippen molar-refractivity contribution in [3.05, 3.63) is 40.2 Å². The lowest BCUT2D eigenvalue weighted by atomic mass is 10.1. The van der Waals surface area contributed by atoms with Crippen molar-refractivity contribution in [1.82, 2.24) is 20.6 Å². The molecule has 2 heterocycles. The summed E-state index contributed by atoms with van der Waals surface area (Å²) in [5, 5.41) is 13.9. The number of para-hydroxylation sites is 1. The van der Waals surface area contributed by atoms with E-state index in [1.165, 1.54) is 0 Å². The number of aryl methyl sites for hydroxylation is 1. The van der Waals surface area contributed by atoms with Gasteiger partial charge in [0.2, 0.25) is 11.3 Å². The first-order chi connectivity index (χ1) is 8.27. The van der Waals surface area contributed by atoms with Crippen molar-refractivity contribution in [1.29, 1.82) is 0 Å². The number of H-pyrrole nitrogens is 1. The highest BCUT2D eigenvalue weighted by Gasteiger charge is 2.16. The van der Waals surface area contributed by atoms with Crippen molar-refractivity contribution < 1.29 is 4.42 Å². The van der Waals surface area contributed by atoms with Crippen LogP contribution in [0.25, 0.3) is 22.4 Å². The van der Waals surface area contributed by atoms with E-state index < -0.39 is 0 Å². The van der Waals surface area contributed by atoms with Crippen LogP contribution in [0.5, 0.6) is 0 Å². The van der Waals surface area contributed by atoms with Gasteiger partial charge in [-0.2, -0.15) is 5.21 Å². The average Bonchev–Trinajstić information content (AvgIpc) is 2.83. The van der Waals surface area contributed by atoms with Crippen LogP contribution in [0.3, 0.4) is 0 Å². The summed E-state index contributed by atoms with van der Waals surface area (Å²) in [5.74, 6) is 0.733. The third-order valence-electron chi connectivity index (χ3n) is 2.54. The number of nitrogens with one attached hydrogen (secondary N) is 1. The fourth-order valence-corrected chi connectivity index (χ4v) is 1.78. The van der Waals surface area contributed by atoms with E-state index in [-0.39, 0.29) is 11.3 Å². The van der Waals surface area contributed by atoms with E-state index >= 15 is 0 Å². The molecule has 3 rings (SSSR count). The van der Waals surface area contributed by atoms with Gasteiger partial charge in [-0.3, -0.25) is 4.79 Å². The molecule has 1 aromatic carbocycles. The monoisotopic (exact) mass is 228 g/mol. The first-order valence-electron chi connectivity index (χ1n) is 5.03. The highest BCUT2D eigenvalue weighted by molar-refractivity contribution is 5.81. The Balaban J connectivity index is 2.44. The first-order valence-corrected chi connectivity index (χ1v) is 5.03. The first kappa shape index (κ1) is 9.71. The summed E-state index contributed by atoms with van der Waals surface area (Å²) in [6, 6.07) is 7.07.